The average Bonchev–Trinajstić information content (AvgIpc) is 3.03. The second kappa shape index (κ2) is 8.09. The van der Waals surface area contributed by atoms with E-state index in [1.165, 1.54) is 0 Å². The molecule has 0 radical (unpaired) electrons. The molecule has 1 N–H and O–H groups in total. The summed E-state index contributed by atoms with van der Waals surface area (Å²) >= 11 is 1.62. The maximum atomic E-state index is 12.6. The normalized spacial score (nSPS) is 11.7. The zero-order chi connectivity index (χ0) is 17.7. The van der Waals surface area contributed by atoms with Gasteiger partial charge in [-0.3, -0.25) is 0 Å². The summed E-state index contributed by atoms with van der Waals surface area (Å²) in [5.74, 6) is 3.00. The highest BCUT2D eigenvalue weighted by Crippen LogP contribution is 2.30. The lowest BCUT2D eigenvalue weighted by atomic mass is 10.1. The van der Waals surface area contributed by atoms with Crippen molar-refractivity contribution < 1.29 is 17.6 Å². The van der Waals surface area contributed by atoms with Crippen LogP contribution in [0.3, 0.4) is 0 Å². The van der Waals surface area contributed by atoms with E-state index in [1.54, 1.807) is 38.1 Å². The minimum absolute atomic E-state index is 0.344. The van der Waals surface area contributed by atoms with Gasteiger partial charge in [0.25, 0.3) is 0 Å². The number of sulfonamides is 1. The molecule has 7 heteroatoms. The maximum absolute atomic E-state index is 12.6. The van der Waals surface area contributed by atoms with Crippen LogP contribution in [0.15, 0.2) is 33.8 Å². The van der Waals surface area contributed by atoms with Gasteiger partial charge in [-0.1, -0.05) is 0 Å². The van der Waals surface area contributed by atoms with Gasteiger partial charge in [0.1, 0.15) is 11.5 Å². The minimum atomic E-state index is -3.55. The van der Waals surface area contributed by atoms with Crippen LogP contribution in [0.1, 0.15) is 22.5 Å². The fraction of sp³-hybridized carbons (Fsp3) is 0.412. The standard InChI is InChI=1S/C17H23NO4S2/c1-12-10-16(21-4)13(2)14(3)17(12)24(19,20)18-7-9-23-11-15-6-5-8-22-15/h5-6,8,10,18H,7,9,11H2,1-4H3. The summed E-state index contributed by atoms with van der Waals surface area (Å²) in [6, 6.07) is 5.52. The SMILES string of the molecule is COc1cc(C)c(S(=O)(=O)NCCSCc2ccco2)c(C)c1C. The summed E-state index contributed by atoms with van der Waals surface area (Å²) in [5.41, 5.74) is 2.25. The van der Waals surface area contributed by atoms with Crippen molar-refractivity contribution in [3.63, 3.8) is 0 Å². The zero-order valence-corrected chi connectivity index (χ0v) is 16.0. The van der Waals surface area contributed by atoms with E-state index in [4.69, 9.17) is 9.15 Å². The molecule has 0 spiro atoms. The fourth-order valence-corrected chi connectivity index (χ4v) is 4.97. The van der Waals surface area contributed by atoms with Gasteiger partial charge in [0.2, 0.25) is 10.0 Å². The minimum Gasteiger partial charge on any atom is -0.496 e. The van der Waals surface area contributed by atoms with Crippen LogP contribution < -0.4 is 9.46 Å². The van der Waals surface area contributed by atoms with Gasteiger partial charge in [0, 0.05) is 12.3 Å². The lowest BCUT2D eigenvalue weighted by Crippen LogP contribution is -2.27. The molecule has 5 nitrogen and oxygen atoms in total. The number of ether oxygens (including phenoxy) is 1. The molecule has 0 aliphatic rings. The highest BCUT2D eigenvalue weighted by molar-refractivity contribution is 7.98. The Morgan fingerprint density at radius 1 is 1.25 bits per heavy atom. The van der Waals surface area contributed by atoms with E-state index >= 15 is 0 Å². The molecule has 1 heterocycles. The monoisotopic (exact) mass is 369 g/mol. The average molecular weight is 370 g/mol. The van der Waals surface area contributed by atoms with Crippen LogP contribution in [0.25, 0.3) is 0 Å². The van der Waals surface area contributed by atoms with Gasteiger partial charge in [-0.15, -0.1) is 0 Å². The Labute approximate surface area is 147 Å². The Hall–Kier alpha value is -1.44. The molecule has 0 fully saturated rings. The van der Waals surface area contributed by atoms with Crippen LogP contribution in [-0.4, -0.2) is 27.8 Å². The van der Waals surface area contributed by atoms with Crippen molar-refractivity contribution in [3.8, 4) is 5.75 Å². The van der Waals surface area contributed by atoms with E-state index in [2.05, 4.69) is 4.72 Å². The molecule has 0 saturated heterocycles. The van der Waals surface area contributed by atoms with Crippen molar-refractivity contribution in [2.24, 2.45) is 0 Å². The van der Waals surface area contributed by atoms with Crippen molar-refractivity contribution >= 4 is 21.8 Å². The van der Waals surface area contributed by atoms with E-state index in [-0.39, 0.29) is 0 Å². The Kier molecular flexibility index (Phi) is 6.37. The van der Waals surface area contributed by atoms with Crippen molar-refractivity contribution in [1.29, 1.82) is 0 Å². The number of aryl methyl sites for hydroxylation is 1. The first-order valence-corrected chi connectivity index (χ1v) is 10.2. The van der Waals surface area contributed by atoms with Gasteiger partial charge in [0.05, 0.1) is 24.0 Å². The van der Waals surface area contributed by atoms with Gasteiger partial charge in [-0.05, 0) is 55.7 Å². The third-order valence-electron chi connectivity index (χ3n) is 3.83. The molecule has 0 unspecified atom stereocenters. The van der Waals surface area contributed by atoms with Gasteiger partial charge >= 0.3 is 0 Å². The maximum Gasteiger partial charge on any atom is 0.241 e. The second-order valence-corrected chi connectivity index (χ2v) is 8.31. The van der Waals surface area contributed by atoms with Crippen molar-refractivity contribution in [2.45, 2.75) is 31.4 Å². The number of benzene rings is 1. The summed E-state index contributed by atoms with van der Waals surface area (Å²) in [6.07, 6.45) is 1.64. The molecular weight excluding hydrogens is 346 g/mol. The van der Waals surface area contributed by atoms with Gasteiger partial charge in [-0.2, -0.15) is 11.8 Å². The zero-order valence-electron chi connectivity index (χ0n) is 14.4. The first-order valence-electron chi connectivity index (χ1n) is 7.61. The van der Waals surface area contributed by atoms with Crippen molar-refractivity contribution in [2.75, 3.05) is 19.4 Å². The summed E-state index contributed by atoms with van der Waals surface area (Å²) in [4.78, 5) is 0.344. The first-order chi connectivity index (χ1) is 11.4. The molecule has 1 aromatic heterocycles. The molecule has 2 aromatic rings. The Balaban J connectivity index is 2.01. The third kappa shape index (κ3) is 4.34. The molecule has 0 aliphatic carbocycles. The molecule has 0 saturated carbocycles. The van der Waals surface area contributed by atoms with Crippen LogP contribution in [0.4, 0.5) is 0 Å². The summed E-state index contributed by atoms with van der Waals surface area (Å²) in [6.45, 7) is 5.84. The van der Waals surface area contributed by atoms with E-state index < -0.39 is 10.0 Å². The Morgan fingerprint density at radius 3 is 2.62 bits per heavy atom. The number of rotatable bonds is 8. The Bertz CT molecular complexity index is 783. The van der Waals surface area contributed by atoms with E-state index in [1.807, 2.05) is 26.0 Å². The molecule has 1 aromatic carbocycles. The fourth-order valence-electron chi connectivity index (χ4n) is 2.53. The topological polar surface area (TPSA) is 68.5 Å². The number of hydrogen-bond acceptors (Lipinski definition) is 5. The van der Waals surface area contributed by atoms with Crippen LogP contribution in [0.5, 0.6) is 5.75 Å². The Morgan fingerprint density at radius 2 is 2.00 bits per heavy atom. The van der Waals surface area contributed by atoms with Crippen LogP contribution in [0, 0.1) is 20.8 Å². The summed E-state index contributed by atoms with van der Waals surface area (Å²) in [5, 5.41) is 0. The van der Waals surface area contributed by atoms with Gasteiger partial charge < -0.3 is 9.15 Å². The van der Waals surface area contributed by atoms with Gasteiger partial charge in [0.15, 0.2) is 0 Å². The van der Waals surface area contributed by atoms with E-state index in [0.717, 1.165) is 22.6 Å². The van der Waals surface area contributed by atoms with Crippen molar-refractivity contribution in [1.82, 2.24) is 4.72 Å². The smallest absolute Gasteiger partial charge is 0.241 e. The number of methoxy groups -OCH3 is 1. The lowest BCUT2D eigenvalue weighted by Gasteiger charge is -2.16. The molecule has 2 rings (SSSR count). The molecule has 0 atom stereocenters. The molecule has 0 bridgehead atoms. The number of nitrogens with one attached hydrogen (secondary N) is 1. The second-order valence-electron chi connectivity index (χ2n) is 5.50. The number of hydrogen-bond donors (Lipinski definition) is 1. The summed E-state index contributed by atoms with van der Waals surface area (Å²) in [7, 11) is -1.96. The molecule has 0 amide bonds. The van der Waals surface area contributed by atoms with E-state index in [0.29, 0.717) is 28.5 Å². The van der Waals surface area contributed by atoms with Crippen LogP contribution >= 0.6 is 11.8 Å². The van der Waals surface area contributed by atoms with Crippen LogP contribution in [0.2, 0.25) is 0 Å². The molecule has 24 heavy (non-hydrogen) atoms. The van der Waals surface area contributed by atoms with E-state index in [9.17, 15) is 8.42 Å². The quantitative estimate of drug-likeness (QED) is 0.722. The van der Waals surface area contributed by atoms with Crippen molar-refractivity contribution in [3.05, 3.63) is 46.9 Å². The molecular formula is C17H23NO4S2. The third-order valence-corrected chi connectivity index (χ3v) is 6.56. The predicted molar refractivity (Wildman–Crippen MR) is 97.3 cm³/mol. The highest BCUT2D eigenvalue weighted by atomic mass is 32.2. The highest BCUT2D eigenvalue weighted by Gasteiger charge is 2.22. The number of furan rings is 1. The van der Waals surface area contributed by atoms with Gasteiger partial charge in [-0.25, -0.2) is 13.1 Å². The number of thioether (sulfide) groups is 1. The summed E-state index contributed by atoms with van der Waals surface area (Å²) < 4.78 is 38.5. The predicted octanol–water partition coefficient (Wildman–Crippen LogP) is 3.43. The largest absolute Gasteiger partial charge is 0.496 e. The lowest BCUT2D eigenvalue weighted by molar-refractivity contribution is 0.410. The molecule has 0 aliphatic heterocycles. The first kappa shape index (κ1) is 18.9. The molecule has 132 valence electrons. The van der Waals surface area contributed by atoms with Crippen LogP contribution in [-0.2, 0) is 15.8 Å².